The number of carbonyl (C=O) groups excluding carboxylic acids is 1. The van der Waals surface area contributed by atoms with E-state index in [1.165, 1.54) is 7.11 Å². The summed E-state index contributed by atoms with van der Waals surface area (Å²) < 4.78 is 4.54. The van der Waals surface area contributed by atoms with Crippen LogP contribution in [0.1, 0.15) is 34.1 Å². The fourth-order valence-corrected chi connectivity index (χ4v) is 0.923. The molecule has 1 atom stereocenters. The van der Waals surface area contributed by atoms with E-state index in [0.29, 0.717) is 18.4 Å². The molecule has 116 valence electrons. The Morgan fingerprint density at radius 2 is 1.75 bits per heavy atom. The fraction of sp³-hybridized carbons (Fsp3) is 0.500. The van der Waals surface area contributed by atoms with Gasteiger partial charge in [-0.05, 0) is 12.8 Å². The summed E-state index contributed by atoms with van der Waals surface area (Å²) in [6, 6.07) is 0. The number of carboxylic acids is 2. The first kappa shape index (κ1) is 23.0. The summed E-state index contributed by atoms with van der Waals surface area (Å²) in [5.74, 6) is -2.70. The Balaban J connectivity index is -0.000000414. The van der Waals surface area contributed by atoms with Gasteiger partial charge in [0, 0.05) is 11.6 Å². The maximum atomic E-state index is 11.1. The van der Waals surface area contributed by atoms with E-state index < -0.39 is 17.9 Å². The monoisotopic (exact) mass is 288 g/mol. The summed E-state index contributed by atoms with van der Waals surface area (Å²) in [5.41, 5.74) is 0.528. The van der Waals surface area contributed by atoms with Crippen LogP contribution in [-0.4, -0.2) is 35.2 Å². The number of rotatable bonds is 6. The molecule has 0 aromatic heterocycles. The van der Waals surface area contributed by atoms with Gasteiger partial charge in [0.15, 0.2) is 0 Å². The zero-order valence-electron chi connectivity index (χ0n) is 11.4. The second-order valence-corrected chi connectivity index (χ2v) is 3.59. The van der Waals surface area contributed by atoms with Gasteiger partial charge in [-0.1, -0.05) is 33.9 Å². The smallest absolute Gasteiger partial charge is 0.333 e. The molecule has 0 spiro atoms. The van der Waals surface area contributed by atoms with Crippen LogP contribution in [-0.2, 0) is 19.1 Å². The van der Waals surface area contributed by atoms with E-state index >= 15 is 0 Å². The first-order valence-electron chi connectivity index (χ1n) is 5.65. The van der Waals surface area contributed by atoms with Gasteiger partial charge in [-0.25, -0.2) is 9.59 Å². The fourth-order valence-electron chi connectivity index (χ4n) is 0.923. The van der Waals surface area contributed by atoms with Crippen molar-refractivity contribution in [3.05, 3.63) is 24.3 Å². The Labute approximate surface area is 119 Å². The van der Waals surface area contributed by atoms with Crippen LogP contribution in [0.15, 0.2) is 24.3 Å². The minimum absolute atomic E-state index is 0. The van der Waals surface area contributed by atoms with Gasteiger partial charge in [0.1, 0.15) is 0 Å². The summed E-state index contributed by atoms with van der Waals surface area (Å²) in [6.07, 6.45) is 3.37. The van der Waals surface area contributed by atoms with Gasteiger partial charge in [-0.2, -0.15) is 0 Å². The molecular formula is C14H24O6. The zero-order valence-corrected chi connectivity index (χ0v) is 11.4. The van der Waals surface area contributed by atoms with Crippen LogP contribution in [0.4, 0.5) is 0 Å². The molecule has 0 rings (SSSR count). The highest BCUT2D eigenvalue weighted by Crippen LogP contribution is 2.09. The lowest BCUT2D eigenvalue weighted by molar-refractivity contribution is -0.141. The molecule has 0 aliphatic rings. The van der Waals surface area contributed by atoms with Gasteiger partial charge in [0.25, 0.3) is 0 Å². The van der Waals surface area contributed by atoms with Crippen LogP contribution >= 0.6 is 0 Å². The highest BCUT2D eigenvalue weighted by Gasteiger charge is 2.11. The number of carbonyl (C=O) groups is 3. The van der Waals surface area contributed by atoms with Gasteiger partial charge in [0.2, 0.25) is 0 Å². The van der Waals surface area contributed by atoms with Crippen molar-refractivity contribution in [1.82, 2.24) is 0 Å². The lowest BCUT2D eigenvalue weighted by Gasteiger charge is -2.04. The average molecular weight is 288 g/mol. The Bertz CT molecular complexity index is 357. The molecule has 0 aliphatic carbocycles. The summed E-state index contributed by atoms with van der Waals surface area (Å²) in [6.45, 7) is 6.39. The molecule has 0 amide bonds. The minimum Gasteiger partial charge on any atom is -0.481 e. The van der Waals surface area contributed by atoms with Crippen molar-refractivity contribution in [2.24, 2.45) is 5.92 Å². The lowest BCUT2D eigenvalue weighted by atomic mass is 10.0. The first-order chi connectivity index (χ1) is 8.79. The van der Waals surface area contributed by atoms with Crippen molar-refractivity contribution in [1.29, 1.82) is 0 Å². The van der Waals surface area contributed by atoms with Crippen molar-refractivity contribution in [2.45, 2.75) is 34.1 Å². The molecule has 6 nitrogen and oxygen atoms in total. The SMILES string of the molecule is C.C=CC(=O)O.CC/C(=C/CC(C)C(=O)O)C(=O)OC. The Kier molecular flexibility index (Phi) is 15.3. The molecule has 0 aliphatic heterocycles. The maximum absolute atomic E-state index is 11.1. The number of ether oxygens (including phenoxy) is 1. The van der Waals surface area contributed by atoms with Gasteiger partial charge < -0.3 is 14.9 Å². The van der Waals surface area contributed by atoms with Crippen molar-refractivity contribution >= 4 is 17.9 Å². The van der Waals surface area contributed by atoms with E-state index in [1.807, 2.05) is 6.92 Å². The van der Waals surface area contributed by atoms with Gasteiger partial charge in [-0.15, -0.1) is 0 Å². The third kappa shape index (κ3) is 12.3. The Hall–Kier alpha value is -2.11. The number of methoxy groups -OCH3 is 1. The van der Waals surface area contributed by atoms with Crippen molar-refractivity contribution in [2.75, 3.05) is 7.11 Å². The molecule has 6 heteroatoms. The molecule has 0 bridgehead atoms. The third-order valence-corrected chi connectivity index (χ3v) is 2.14. The van der Waals surface area contributed by atoms with Crippen LogP contribution in [0, 0.1) is 5.92 Å². The quantitative estimate of drug-likeness (QED) is 0.575. The number of hydrogen-bond donors (Lipinski definition) is 2. The van der Waals surface area contributed by atoms with E-state index in [4.69, 9.17) is 10.2 Å². The zero-order chi connectivity index (χ0) is 15.4. The van der Waals surface area contributed by atoms with E-state index in [9.17, 15) is 14.4 Å². The highest BCUT2D eigenvalue weighted by atomic mass is 16.5. The standard InChI is InChI=1S/C10H16O4.C3H4O2.CH4/c1-4-8(10(13)14-3)6-5-7(2)9(11)12;1-2-3(4)5;/h6-7H,4-5H2,1-3H3,(H,11,12);2H,1H2,(H,4,5);1H4/b8-6-;;. The molecule has 2 N–H and O–H groups in total. The number of carboxylic acid groups (broad SMARTS) is 2. The van der Waals surface area contributed by atoms with Crippen molar-refractivity contribution in [3.8, 4) is 0 Å². The predicted molar refractivity (Wildman–Crippen MR) is 76.4 cm³/mol. The highest BCUT2D eigenvalue weighted by molar-refractivity contribution is 5.88. The third-order valence-electron chi connectivity index (χ3n) is 2.14. The van der Waals surface area contributed by atoms with Gasteiger partial charge >= 0.3 is 17.9 Å². The molecule has 0 aromatic rings. The molecular weight excluding hydrogens is 264 g/mol. The van der Waals surface area contributed by atoms with E-state index in [1.54, 1.807) is 13.0 Å². The predicted octanol–water partition coefficient (Wildman–Crippen LogP) is 2.50. The molecule has 0 saturated heterocycles. The first-order valence-corrected chi connectivity index (χ1v) is 5.65. The summed E-state index contributed by atoms with van der Waals surface area (Å²) in [4.78, 5) is 30.8. The molecule has 0 aromatic carbocycles. The van der Waals surface area contributed by atoms with Crippen LogP contribution in [0.3, 0.4) is 0 Å². The molecule has 0 fully saturated rings. The minimum atomic E-state index is -0.981. The number of esters is 1. The van der Waals surface area contributed by atoms with E-state index in [-0.39, 0.29) is 13.4 Å². The van der Waals surface area contributed by atoms with Crippen LogP contribution in [0.2, 0.25) is 0 Å². The summed E-state index contributed by atoms with van der Waals surface area (Å²) in [7, 11) is 1.31. The van der Waals surface area contributed by atoms with Crippen molar-refractivity contribution < 1.29 is 29.3 Å². The average Bonchev–Trinajstić information content (AvgIpc) is 2.39. The molecule has 1 unspecified atom stereocenters. The second-order valence-electron chi connectivity index (χ2n) is 3.59. The van der Waals surface area contributed by atoms with Crippen molar-refractivity contribution in [3.63, 3.8) is 0 Å². The number of allylic oxidation sites excluding steroid dienone is 1. The lowest BCUT2D eigenvalue weighted by Crippen LogP contribution is -2.10. The van der Waals surface area contributed by atoms with E-state index in [0.717, 1.165) is 6.08 Å². The topological polar surface area (TPSA) is 101 Å². The van der Waals surface area contributed by atoms with Crippen LogP contribution in [0.5, 0.6) is 0 Å². The maximum Gasteiger partial charge on any atom is 0.333 e. The van der Waals surface area contributed by atoms with E-state index in [2.05, 4.69) is 11.3 Å². The Morgan fingerprint density at radius 1 is 1.30 bits per heavy atom. The Morgan fingerprint density at radius 3 is 2.00 bits per heavy atom. The molecule has 0 heterocycles. The molecule has 0 radical (unpaired) electrons. The molecule has 0 saturated carbocycles. The second kappa shape index (κ2) is 13.3. The molecule has 20 heavy (non-hydrogen) atoms. The van der Waals surface area contributed by atoms with Crippen LogP contribution < -0.4 is 0 Å². The van der Waals surface area contributed by atoms with Gasteiger partial charge in [-0.3, -0.25) is 4.79 Å². The largest absolute Gasteiger partial charge is 0.481 e. The summed E-state index contributed by atoms with van der Waals surface area (Å²) >= 11 is 0. The van der Waals surface area contributed by atoms with Gasteiger partial charge in [0.05, 0.1) is 13.0 Å². The normalized spacial score (nSPS) is 11.1. The number of hydrogen-bond acceptors (Lipinski definition) is 4. The number of aliphatic carboxylic acids is 2. The summed E-state index contributed by atoms with van der Waals surface area (Å²) in [5, 5.41) is 16.2. The van der Waals surface area contributed by atoms with Crippen LogP contribution in [0.25, 0.3) is 0 Å².